The predicted octanol–water partition coefficient (Wildman–Crippen LogP) is 3.22. The van der Waals surface area contributed by atoms with E-state index in [2.05, 4.69) is 17.4 Å². The molecule has 0 saturated carbocycles. The normalized spacial score (nSPS) is 12.7. The predicted molar refractivity (Wildman–Crippen MR) is 105 cm³/mol. The largest absolute Gasteiger partial charge is 0.497 e. The molecule has 0 fully saturated rings. The zero-order valence-corrected chi connectivity index (χ0v) is 15.6. The Kier molecular flexibility index (Phi) is 7.85. The van der Waals surface area contributed by atoms with Crippen molar-refractivity contribution in [3.8, 4) is 5.75 Å². The molecule has 0 saturated heterocycles. The number of hydrazine groups is 1. The number of aliphatic hydroxyl groups is 1. The zero-order valence-electron chi connectivity index (χ0n) is 15.6. The van der Waals surface area contributed by atoms with Gasteiger partial charge in [0.05, 0.1) is 19.8 Å². The fourth-order valence-corrected chi connectivity index (χ4v) is 2.52. The topological polar surface area (TPSA) is 79.8 Å². The zero-order chi connectivity index (χ0) is 19.6. The summed E-state index contributed by atoms with van der Waals surface area (Å²) in [5.74, 6) is 0.290. The number of anilines is 1. The fourth-order valence-electron chi connectivity index (χ4n) is 2.52. The van der Waals surface area contributed by atoms with Gasteiger partial charge in [-0.05, 0) is 48.7 Å². The average Bonchev–Trinajstić information content (AvgIpc) is 2.71. The first kappa shape index (κ1) is 20.5. The molecule has 0 aromatic heterocycles. The van der Waals surface area contributed by atoms with E-state index in [4.69, 9.17) is 9.47 Å². The molecule has 0 aliphatic carbocycles. The molecule has 2 aromatic rings. The molecule has 27 heavy (non-hydrogen) atoms. The molecule has 2 unspecified atom stereocenters. The van der Waals surface area contributed by atoms with E-state index >= 15 is 0 Å². The van der Waals surface area contributed by atoms with Crippen molar-refractivity contribution in [3.63, 3.8) is 0 Å². The van der Waals surface area contributed by atoms with Crippen LogP contribution in [-0.2, 0) is 9.53 Å². The van der Waals surface area contributed by atoms with Crippen LogP contribution in [0.2, 0.25) is 0 Å². The number of methoxy groups -OCH3 is 1. The van der Waals surface area contributed by atoms with Gasteiger partial charge in [-0.2, -0.15) is 0 Å². The lowest BCUT2D eigenvalue weighted by Gasteiger charge is -2.22. The number of hydrogen-bond acceptors (Lipinski definition) is 6. The van der Waals surface area contributed by atoms with E-state index in [1.54, 1.807) is 38.3 Å². The number of ether oxygens (including phenoxy) is 2. The van der Waals surface area contributed by atoms with Gasteiger partial charge >= 0.3 is 5.97 Å². The molecular weight excluding hydrogens is 344 g/mol. The van der Waals surface area contributed by atoms with E-state index in [0.717, 1.165) is 5.69 Å². The Hall–Kier alpha value is -2.83. The minimum absolute atomic E-state index is 0.214. The van der Waals surface area contributed by atoms with Gasteiger partial charge < -0.3 is 20.0 Å². The molecule has 0 heterocycles. The van der Waals surface area contributed by atoms with Crippen LogP contribution >= 0.6 is 0 Å². The Labute approximate surface area is 159 Å². The summed E-state index contributed by atoms with van der Waals surface area (Å²) in [7, 11) is 1.58. The lowest BCUT2D eigenvalue weighted by molar-refractivity contribution is -0.145. The number of aliphatic hydroxyl groups excluding tert-OH is 1. The van der Waals surface area contributed by atoms with E-state index in [9.17, 15) is 9.90 Å². The second kappa shape index (κ2) is 10.4. The number of rotatable bonds is 10. The third-order valence-corrected chi connectivity index (χ3v) is 4.02. The van der Waals surface area contributed by atoms with Crippen molar-refractivity contribution in [2.45, 2.75) is 25.5 Å². The molecular formula is C21H26N2O4. The van der Waals surface area contributed by atoms with Gasteiger partial charge in [-0.3, -0.25) is 4.79 Å². The summed E-state index contributed by atoms with van der Waals surface area (Å²) in [5, 5.41) is 10.6. The molecule has 6 nitrogen and oxygen atoms in total. The summed E-state index contributed by atoms with van der Waals surface area (Å²) in [6.07, 6.45) is -0.683. The molecule has 0 bridgehead atoms. The summed E-state index contributed by atoms with van der Waals surface area (Å²) in [6.45, 7) is 5.98. The molecule has 2 rings (SSSR count). The molecule has 2 aromatic carbocycles. The molecule has 0 radical (unpaired) electrons. The monoisotopic (exact) mass is 370 g/mol. The highest BCUT2D eigenvalue weighted by Crippen LogP contribution is 2.25. The summed E-state index contributed by atoms with van der Waals surface area (Å²) in [5.41, 5.74) is 7.95. The number of benzene rings is 2. The maximum Gasteiger partial charge on any atom is 0.325 e. The van der Waals surface area contributed by atoms with Crippen LogP contribution in [0, 0.1) is 0 Å². The van der Waals surface area contributed by atoms with Crippen LogP contribution in [0.15, 0.2) is 66.7 Å². The Morgan fingerprint density at radius 3 is 2.41 bits per heavy atom. The Bertz CT molecular complexity index is 732. The van der Waals surface area contributed by atoms with Crippen molar-refractivity contribution in [3.05, 3.63) is 72.3 Å². The molecule has 2 atom stereocenters. The van der Waals surface area contributed by atoms with Gasteiger partial charge in [0.15, 0.2) is 0 Å². The van der Waals surface area contributed by atoms with Gasteiger partial charge in [0, 0.05) is 5.69 Å². The van der Waals surface area contributed by atoms with E-state index in [1.807, 2.05) is 30.3 Å². The first-order valence-corrected chi connectivity index (χ1v) is 8.78. The maximum atomic E-state index is 12.3. The van der Waals surface area contributed by atoms with Crippen LogP contribution in [0.1, 0.15) is 25.0 Å². The first-order chi connectivity index (χ1) is 13.0. The standard InChI is InChI=1S/C21H26N2O4/c1-4-27-21(25)19(23-22-17-8-6-5-7-9-17)14-15(2)20(24)16-10-12-18(26-3)13-11-16/h5-13,19-20,22-24H,2,4,14H2,1,3H3. The smallest absolute Gasteiger partial charge is 0.325 e. The molecule has 0 amide bonds. The summed E-state index contributed by atoms with van der Waals surface area (Å²) in [4.78, 5) is 12.3. The average molecular weight is 370 g/mol. The van der Waals surface area contributed by atoms with Crippen molar-refractivity contribution in [2.24, 2.45) is 0 Å². The van der Waals surface area contributed by atoms with Gasteiger partial charge in [-0.15, -0.1) is 0 Å². The van der Waals surface area contributed by atoms with Crippen molar-refractivity contribution < 1.29 is 19.4 Å². The summed E-state index contributed by atoms with van der Waals surface area (Å²) in [6, 6.07) is 15.8. The van der Waals surface area contributed by atoms with Crippen molar-refractivity contribution in [2.75, 3.05) is 19.1 Å². The maximum absolute atomic E-state index is 12.3. The van der Waals surface area contributed by atoms with Crippen molar-refractivity contribution in [1.82, 2.24) is 5.43 Å². The lowest BCUT2D eigenvalue weighted by Crippen LogP contribution is -2.42. The summed E-state index contributed by atoms with van der Waals surface area (Å²) < 4.78 is 10.3. The third kappa shape index (κ3) is 6.13. The minimum atomic E-state index is -0.897. The minimum Gasteiger partial charge on any atom is -0.497 e. The molecule has 144 valence electrons. The number of hydrogen-bond donors (Lipinski definition) is 3. The molecule has 0 aliphatic heterocycles. The Balaban J connectivity index is 2.03. The van der Waals surface area contributed by atoms with E-state index in [1.165, 1.54) is 0 Å². The number of esters is 1. The molecule has 0 aliphatic rings. The Morgan fingerprint density at radius 1 is 1.15 bits per heavy atom. The lowest BCUT2D eigenvalue weighted by atomic mass is 9.97. The van der Waals surface area contributed by atoms with Crippen molar-refractivity contribution in [1.29, 1.82) is 0 Å². The SMILES string of the molecule is C=C(CC(NNc1ccccc1)C(=O)OCC)C(O)c1ccc(OC)cc1. The molecule has 3 N–H and O–H groups in total. The second-order valence-electron chi connectivity index (χ2n) is 5.98. The van der Waals surface area contributed by atoms with E-state index in [0.29, 0.717) is 16.9 Å². The van der Waals surface area contributed by atoms with Gasteiger partial charge in [0.2, 0.25) is 0 Å². The van der Waals surface area contributed by atoms with Crippen LogP contribution in [0.3, 0.4) is 0 Å². The van der Waals surface area contributed by atoms with Gasteiger partial charge in [0.1, 0.15) is 11.8 Å². The highest BCUT2D eigenvalue weighted by molar-refractivity contribution is 5.76. The molecule has 0 spiro atoms. The quantitative estimate of drug-likeness (QED) is 0.339. The summed E-state index contributed by atoms with van der Waals surface area (Å²) >= 11 is 0. The van der Waals surface area contributed by atoms with E-state index < -0.39 is 18.1 Å². The third-order valence-electron chi connectivity index (χ3n) is 4.02. The first-order valence-electron chi connectivity index (χ1n) is 8.78. The van der Waals surface area contributed by atoms with E-state index in [-0.39, 0.29) is 13.0 Å². The van der Waals surface area contributed by atoms with Crippen LogP contribution in [0.4, 0.5) is 5.69 Å². The Morgan fingerprint density at radius 2 is 1.81 bits per heavy atom. The fraction of sp³-hybridized carbons (Fsp3) is 0.286. The van der Waals surface area contributed by atoms with Gasteiger partial charge in [-0.25, -0.2) is 5.43 Å². The number of carbonyl (C=O) groups is 1. The molecule has 6 heteroatoms. The van der Waals surface area contributed by atoms with Crippen molar-refractivity contribution >= 4 is 11.7 Å². The van der Waals surface area contributed by atoms with Gasteiger partial charge in [-0.1, -0.05) is 36.9 Å². The van der Waals surface area contributed by atoms with Crippen LogP contribution in [0.25, 0.3) is 0 Å². The second-order valence-corrected chi connectivity index (χ2v) is 5.98. The van der Waals surface area contributed by atoms with Crippen LogP contribution < -0.4 is 15.6 Å². The van der Waals surface area contributed by atoms with Crippen LogP contribution in [-0.4, -0.2) is 30.8 Å². The highest BCUT2D eigenvalue weighted by Gasteiger charge is 2.23. The van der Waals surface area contributed by atoms with Gasteiger partial charge in [0.25, 0.3) is 0 Å². The number of nitrogens with one attached hydrogen (secondary N) is 2. The number of carbonyl (C=O) groups excluding carboxylic acids is 1. The highest BCUT2D eigenvalue weighted by atomic mass is 16.5. The number of para-hydroxylation sites is 1. The van der Waals surface area contributed by atoms with Crippen LogP contribution in [0.5, 0.6) is 5.75 Å².